The molecular formula is C9H5N5O. The van der Waals surface area contributed by atoms with E-state index in [1.165, 1.54) is 12.7 Å². The summed E-state index contributed by atoms with van der Waals surface area (Å²) in [6.07, 6.45) is 2.73. The maximum Gasteiger partial charge on any atom is 0.273 e. The molecule has 0 fully saturated rings. The highest BCUT2D eigenvalue weighted by molar-refractivity contribution is 6.00. The van der Waals surface area contributed by atoms with Crippen LogP contribution in [0.3, 0.4) is 0 Å². The van der Waals surface area contributed by atoms with Crippen molar-refractivity contribution < 1.29 is 0 Å². The van der Waals surface area contributed by atoms with Gasteiger partial charge in [0.25, 0.3) is 5.56 Å². The van der Waals surface area contributed by atoms with Gasteiger partial charge in [-0.25, -0.2) is 20.1 Å². The molecule has 0 saturated carbocycles. The molecule has 0 saturated heterocycles. The molecule has 0 bridgehead atoms. The molecule has 3 aromatic rings. The van der Waals surface area contributed by atoms with Crippen LogP contribution in [0, 0.1) is 0 Å². The molecule has 6 nitrogen and oxygen atoms in total. The highest BCUT2D eigenvalue weighted by Gasteiger charge is 2.05. The SMILES string of the molecule is O=c1[nH]ncnc2c1ccc1ncnc12. The quantitative estimate of drug-likeness (QED) is 0.561. The molecule has 0 unspecified atom stereocenters. The number of fused-ring (bicyclic) bond motifs is 3. The molecular weight excluding hydrogens is 194 g/mol. The second-order valence-corrected chi connectivity index (χ2v) is 3.02. The number of aromatic nitrogens is 5. The fourth-order valence-electron chi connectivity index (χ4n) is 1.50. The molecule has 0 aliphatic rings. The fourth-order valence-corrected chi connectivity index (χ4v) is 1.50. The summed E-state index contributed by atoms with van der Waals surface area (Å²) < 4.78 is 0. The van der Waals surface area contributed by atoms with Crippen LogP contribution in [0.15, 0.2) is 29.6 Å². The van der Waals surface area contributed by atoms with E-state index in [2.05, 4.69) is 25.1 Å². The third kappa shape index (κ3) is 1.08. The molecule has 2 aromatic heterocycles. The number of nitrogens with one attached hydrogen (secondary N) is 1. The van der Waals surface area contributed by atoms with Gasteiger partial charge in [0, 0.05) is 0 Å². The predicted octanol–water partition coefficient (Wildman–Crippen LogP) is 0.261. The predicted molar refractivity (Wildman–Crippen MR) is 53.3 cm³/mol. The van der Waals surface area contributed by atoms with Crippen LogP contribution in [0.5, 0.6) is 0 Å². The standard InChI is InChI=1S/C9H5N5O/c15-9-5-1-2-6-8(11-3-10-6)7(5)12-4-13-14-9/h1-4H,(H,14,15). The Hall–Kier alpha value is -2.37. The molecule has 0 atom stereocenters. The Morgan fingerprint density at radius 1 is 1.00 bits per heavy atom. The molecule has 2 heterocycles. The van der Waals surface area contributed by atoms with Crippen molar-refractivity contribution in [2.75, 3.05) is 0 Å². The van der Waals surface area contributed by atoms with Gasteiger partial charge in [0.05, 0.1) is 10.9 Å². The van der Waals surface area contributed by atoms with E-state index < -0.39 is 0 Å². The molecule has 72 valence electrons. The van der Waals surface area contributed by atoms with Gasteiger partial charge >= 0.3 is 0 Å². The van der Waals surface area contributed by atoms with Crippen molar-refractivity contribution in [1.29, 1.82) is 0 Å². The minimum atomic E-state index is -0.285. The lowest BCUT2D eigenvalue weighted by molar-refractivity contribution is 0.998. The molecule has 1 N–H and O–H groups in total. The van der Waals surface area contributed by atoms with Gasteiger partial charge in [-0.3, -0.25) is 4.79 Å². The lowest BCUT2D eigenvalue weighted by atomic mass is 10.2. The first-order valence-electron chi connectivity index (χ1n) is 4.29. The second kappa shape index (κ2) is 2.81. The van der Waals surface area contributed by atoms with Crippen molar-refractivity contribution in [3.8, 4) is 0 Å². The highest BCUT2D eigenvalue weighted by atomic mass is 16.1. The Kier molecular flexibility index (Phi) is 1.49. The molecule has 15 heavy (non-hydrogen) atoms. The van der Waals surface area contributed by atoms with Crippen molar-refractivity contribution in [2.45, 2.75) is 0 Å². The van der Waals surface area contributed by atoms with Crippen molar-refractivity contribution in [3.63, 3.8) is 0 Å². The zero-order valence-electron chi connectivity index (χ0n) is 7.51. The number of nitrogens with zero attached hydrogens (tertiary/aromatic N) is 4. The summed E-state index contributed by atoms with van der Waals surface area (Å²) in [5, 5.41) is 6.42. The van der Waals surface area contributed by atoms with Crippen LogP contribution in [0.25, 0.3) is 21.9 Å². The first-order valence-corrected chi connectivity index (χ1v) is 4.29. The Balaban J connectivity index is 2.71. The Morgan fingerprint density at radius 3 is 2.80 bits per heavy atom. The molecule has 3 rings (SSSR count). The number of imidazole rings is 1. The minimum absolute atomic E-state index is 0.285. The van der Waals surface area contributed by atoms with Crippen LogP contribution in [0.4, 0.5) is 0 Å². The summed E-state index contributed by atoms with van der Waals surface area (Å²) in [6, 6.07) is 3.40. The van der Waals surface area contributed by atoms with Crippen LogP contribution in [-0.4, -0.2) is 25.1 Å². The van der Waals surface area contributed by atoms with Crippen molar-refractivity contribution in [3.05, 3.63) is 35.1 Å². The van der Waals surface area contributed by atoms with Gasteiger partial charge in [-0.1, -0.05) is 0 Å². The maximum atomic E-state index is 11.5. The number of benzene rings is 1. The monoisotopic (exact) mass is 199 g/mol. The first-order chi connectivity index (χ1) is 7.36. The normalized spacial score (nSPS) is 10.9. The highest BCUT2D eigenvalue weighted by Crippen LogP contribution is 2.16. The first kappa shape index (κ1) is 7.98. The van der Waals surface area contributed by atoms with E-state index in [1.54, 1.807) is 12.1 Å². The van der Waals surface area contributed by atoms with E-state index in [-0.39, 0.29) is 5.56 Å². The van der Waals surface area contributed by atoms with E-state index in [4.69, 9.17) is 0 Å². The van der Waals surface area contributed by atoms with E-state index >= 15 is 0 Å². The third-order valence-corrected chi connectivity index (χ3v) is 2.17. The maximum absolute atomic E-state index is 11.5. The van der Waals surface area contributed by atoms with E-state index in [9.17, 15) is 4.79 Å². The van der Waals surface area contributed by atoms with Gasteiger partial charge in [0.15, 0.2) is 0 Å². The van der Waals surface area contributed by atoms with Gasteiger partial charge in [-0.15, -0.1) is 0 Å². The fraction of sp³-hybridized carbons (Fsp3) is 0. The van der Waals surface area contributed by atoms with E-state index in [1.807, 2.05) is 0 Å². The minimum Gasteiger partial charge on any atom is -0.267 e. The number of aromatic amines is 1. The average molecular weight is 199 g/mol. The lowest BCUT2D eigenvalue weighted by Crippen LogP contribution is -2.02. The largest absolute Gasteiger partial charge is 0.273 e. The summed E-state index contributed by atoms with van der Waals surface area (Å²) in [5.41, 5.74) is 1.58. The van der Waals surface area contributed by atoms with Crippen molar-refractivity contribution in [1.82, 2.24) is 25.1 Å². The summed E-state index contributed by atoms with van der Waals surface area (Å²) in [6.45, 7) is 0. The summed E-state index contributed by atoms with van der Waals surface area (Å²) in [7, 11) is 0. The van der Waals surface area contributed by atoms with Crippen LogP contribution < -0.4 is 5.56 Å². The molecule has 0 aliphatic carbocycles. The zero-order chi connectivity index (χ0) is 10.3. The van der Waals surface area contributed by atoms with Gasteiger partial charge in [0.2, 0.25) is 0 Å². The average Bonchev–Trinajstić information content (AvgIpc) is 2.64. The summed E-state index contributed by atoms with van der Waals surface area (Å²) in [5.74, 6) is 0. The van der Waals surface area contributed by atoms with Gasteiger partial charge in [-0.2, -0.15) is 5.10 Å². The summed E-state index contributed by atoms with van der Waals surface area (Å²) in [4.78, 5) is 23.7. The Bertz CT molecular complexity index is 705. The molecule has 0 radical (unpaired) electrons. The van der Waals surface area contributed by atoms with Crippen molar-refractivity contribution >= 4 is 21.9 Å². The Labute approximate surface area is 83.0 Å². The van der Waals surface area contributed by atoms with E-state index in [0.717, 1.165) is 5.52 Å². The van der Waals surface area contributed by atoms with E-state index in [0.29, 0.717) is 16.4 Å². The number of rotatable bonds is 0. The van der Waals surface area contributed by atoms with Gasteiger partial charge < -0.3 is 0 Å². The summed E-state index contributed by atoms with van der Waals surface area (Å²) >= 11 is 0. The molecule has 1 aromatic carbocycles. The smallest absolute Gasteiger partial charge is 0.267 e. The van der Waals surface area contributed by atoms with Gasteiger partial charge in [0.1, 0.15) is 23.7 Å². The zero-order valence-corrected chi connectivity index (χ0v) is 7.51. The number of hydrogen-bond donors (Lipinski definition) is 1. The number of hydrogen-bond acceptors (Lipinski definition) is 5. The molecule has 0 amide bonds. The number of H-pyrrole nitrogens is 1. The molecule has 0 aliphatic heterocycles. The topological polar surface area (TPSA) is 84.4 Å². The van der Waals surface area contributed by atoms with Gasteiger partial charge in [-0.05, 0) is 12.1 Å². The van der Waals surface area contributed by atoms with Crippen LogP contribution in [-0.2, 0) is 0 Å². The van der Waals surface area contributed by atoms with Crippen LogP contribution in [0.2, 0.25) is 0 Å². The Morgan fingerprint density at radius 2 is 1.87 bits per heavy atom. The van der Waals surface area contributed by atoms with Crippen molar-refractivity contribution in [2.24, 2.45) is 0 Å². The molecule has 0 spiro atoms. The third-order valence-electron chi connectivity index (χ3n) is 2.17. The molecule has 6 heteroatoms. The lowest BCUT2D eigenvalue weighted by Gasteiger charge is -1.89. The van der Waals surface area contributed by atoms with Crippen LogP contribution in [0.1, 0.15) is 0 Å². The second-order valence-electron chi connectivity index (χ2n) is 3.02. The van der Waals surface area contributed by atoms with Crippen LogP contribution >= 0.6 is 0 Å².